The van der Waals surface area contributed by atoms with Gasteiger partial charge in [-0.3, -0.25) is 9.59 Å². The summed E-state index contributed by atoms with van der Waals surface area (Å²) in [4.78, 5) is 30.0. The van der Waals surface area contributed by atoms with Gasteiger partial charge in [0.2, 0.25) is 11.8 Å². The lowest BCUT2D eigenvalue weighted by atomic mass is 9.95. The highest BCUT2D eigenvalue weighted by Gasteiger charge is 2.22. The fraction of sp³-hybridized carbons (Fsp3) is 0.280. The molecule has 5 aromatic carbocycles. The van der Waals surface area contributed by atoms with Crippen molar-refractivity contribution in [3.8, 4) is 5.75 Å². The molecule has 0 spiro atoms. The normalized spacial score (nSPS) is 12.0. The van der Waals surface area contributed by atoms with Crippen LogP contribution >= 0.6 is 0 Å². The molecule has 5 rings (SSSR count). The van der Waals surface area contributed by atoms with Gasteiger partial charge in [-0.1, -0.05) is 97.1 Å². The van der Waals surface area contributed by atoms with Crippen LogP contribution in [0.15, 0.2) is 144 Å². The number of carbonyl (C=O) groups excluding carboxylic acids is 2. The van der Waals surface area contributed by atoms with Crippen molar-refractivity contribution in [2.45, 2.75) is 93.4 Å². The Morgan fingerprint density at radius 1 is 0.552 bits per heavy atom. The monoisotopic (exact) mass is 777 g/mol. The maximum Gasteiger partial charge on any atom is 0.247 e. The first kappa shape index (κ1) is 44.4. The Hall–Kier alpha value is -6.28. The van der Waals surface area contributed by atoms with Crippen LogP contribution in [-0.4, -0.2) is 50.9 Å². The Labute approximate surface area is 345 Å². The summed E-state index contributed by atoms with van der Waals surface area (Å²) in [6, 6.07) is 39.2. The minimum absolute atomic E-state index is 0.00195. The van der Waals surface area contributed by atoms with Gasteiger partial charge in [0.05, 0.1) is 11.4 Å². The maximum absolute atomic E-state index is 13.4. The van der Waals surface area contributed by atoms with Crippen molar-refractivity contribution in [2.24, 2.45) is 10.2 Å². The number of aryl methyl sites for hydroxylation is 2. The van der Waals surface area contributed by atoms with Crippen LogP contribution < -0.4 is 5.73 Å². The van der Waals surface area contributed by atoms with Crippen molar-refractivity contribution in [2.75, 3.05) is 5.73 Å². The number of nitrogens with zero attached hydrogens (tertiary/aromatic N) is 4. The predicted molar refractivity (Wildman–Crippen MR) is 240 cm³/mol. The molecule has 0 bridgehead atoms. The van der Waals surface area contributed by atoms with Crippen molar-refractivity contribution >= 4 is 40.0 Å². The van der Waals surface area contributed by atoms with E-state index in [2.05, 4.69) is 10.2 Å². The molecule has 8 heteroatoms. The smallest absolute Gasteiger partial charge is 0.247 e. The average Bonchev–Trinajstić information content (AvgIpc) is 3.18. The minimum Gasteiger partial charge on any atom is -0.507 e. The lowest BCUT2D eigenvalue weighted by molar-refractivity contribution is -0.130. The predicted octanol–water partition coefficient (Wildman–Crippen LogP) is 11.8. The fourth-order valence-electron chi connectivity index (χ4n) is 7.11. The van der Waals surface area contributed by atoms with E-state index in [9.17, 15) is 14.7 Å². The van der Waals surface area contributed by atoms with Crippen molar-refractivity contribution in [1.29, 1.82) is 0 Å². The largest absolute Gasteiger partial charge is 0.507 e. The number of aromatic hydroxyl groups is 1. The lowest BCUT2D eigenvalue weighted by Gasteiger charge is -2.30. The second-order valence-corrected chi connectivity index (χ2v) is 15.4. The van der Waals surface area contributed by atoms with Crippen LogP contribution in [0.1, 0.15) is 88.8 Å². The van der Waals surface area contributed by atoms with Gasteiger partial charge in [0.15, 0.2) is 0 Å². The molecule has 0 aliphatic carbocycles. The molecular formula is C50H59N5O3. The number of hydrogen-bond acceptors (Lipinski definition) is 6. The van der Waals surface area contributed by atoms with E-state index < -0.39 is 0 Å². The Kier molecular flexibility index (Phi) is 15.9. The Bertz CT molecular complexity index is 2200. The Morgan fingerprint density at radius 3 is 1.36 bits per heavy atom. The molecule has 0 fully saturated rings. The molecule has 302 valence electrons. The van der Waals surface area contributed by atoms with Gasteiger partial charge in [-0.2, -0.15) is 5.11 Å². The first-order valence-electron chi connectivity index (χ1n) is 20.0. The molecule has 8 nitrogen and oxygen atoms in total. The fourth-order valence-corrected chi connectivity index (χ4v) is 7.11. The second-order valence-electron chi connectivity index (χ2n) is 15.4. The van der Waals surface area contributed by atoms with Gasteiger partial charge in [-0.25, -0.2) is 0 Å². The highest BCUT2D eigenvalue weighted by molar-refractivity contribution is 6.02. The summed E-state index contributed by atoms with van der Waals surface area (Å²) in [7, 11) is 0. The molecule has 58 heavy (non-hydrogen) atoms. The molecule has 0 unspecified atom stereocenters. The molecule has 3 N–H and O–H groups in total. The van der Waals surface area contributed by atoms with Crippen LogP contribution in [0.4, 0.5) is 17.1 Å². The molecular weight excluding hydrogens is 719 g/mol. The molecule has 0 saturated heterocycles. The van der Waals surface area contributed by atoms with E-state index in [1.54, 1.807) is 24.3 Å². The number of anilines is 1. The highest BCUT2D eigenvalue weighted by Crippen LogP contribution is 2.34. The zero-order valence-corrected chi connectivity index (χ0v) is 35.6. The van der Waals surface area contributed by atoms with Crippen LogP contribution in [0.5, 0.6) is 5.75 Å². The van der Waals surface area contributed by atoms with Crippen LogP contribution in [0.25, 0.3) is 11.1 Å². The minimum atomic E-state index is -0.0413. The number of azo groups is 1. The number of nitrogen functional groups attached to an aromatic ring is 1. The van der Waals surface area contributed by atoms with Crippen LogP contribution in [-0.2, 0) is 9.59 Å². The van der Waals surface area contributed by atoms with Gasteiger partial charge in [0.1, 0.15) is 5.75 Å². The summed E-state index contributed by atoms with van der Waals surface area (Å²) in [6.07, 6.45) is 3.42. The molecule has 2 amide bonds. The number of rotatable bonds is 12. The SMILES string of the molecule is CC(C)N(C(=O)C=C(c1ccccc1)c1ccccc1N)C(C)C.Cc1cc(N=Nc2ccccc2C(=CC(=O)N(C(C)C)C(C)C)c2ccccc2)cc(C)c1O. The second kappa shape index (κ2) is 20.8. The van der Waals surface area contributed by atoms with Crippen LogP contribution in [0.2, 0.25) is 0 Å². The number of phenolic OH excluding ortho intramolecular Hbond substituents is 1. The van der Waals surface area contributed by atoms with E-state index in [1.165, 1.54) is 0 Å². The third-order valence-electron chi connectivity index (χ3n) is 9.63. The van der Waals surface area contributed by atoms with Crippen molar-refractivity contribution in [3.05, 3.63) is 167 Å². The van der Waals surface area contributed by atoms with E-state index >= 15 is 0 Å². The number of amides is 2. The van der Waals surface area contributed by atoms with E-state index in [4.69, 9.17) is 5.73 Å². The van der Waals surface area contributed by atoms with Crippen molar-refractivity contribution in [1.82, 2.24) is 9.80 Å². The highest BCUT2D eigenvalue weighted by atomic mass is 16.3. The Morgan fingerprint density at radius 2 is 0.931 bits per heavy atom. The number of carbonyl (C=O) groups is 2. The van der Waals surface area contributed by atoms with Crippen LogP contribution in [0, 0.1) is 13.8 Å². The molecule has 0 heterocycles. The number of hydrogen-bond donors (Lipinski definition) is 2. The molecule has 0 radical (unpaired) electrons. The van der Waals surface area contributed by atoms with E-state index in [-0.39, 0.29) is 41.7 Å². The zero-order chi connectivity index (χ0) is 42.5. The van der Waals surface area contributed by atoms with Gasteiger partial charge in [0.25, 0.3) is 0 Å². The van der Waals surface area contributed by atoms with Gasteiger partial charge in [0, 0.05) is 53.1 Å². The van der Waals surface area contributed by atoms with E-state index in [0.29, 0.717) is 17.1 Å². The summed E-state index contributed by atoms with van der Waals surface area (Å²) >= 11 is 0. The molecule has 0 aliphatic rings. The number of para-hydroxylation sites is 1. The molecule has 0 atom stereocenters. The molecule has 0 aliphatic heterocycles. The summed E-state index contributed by atoms with van der Waals surface area (Å²) in [5, 5.41) is 19.0. The summed E-state index contributed by atoms with van der Waals surface area (Å²) in [6.45, 7) is 19.9. The maximum atomic E-state index is 13.4. The topological polar surface area (TPSA) is 112 Å². The number of nitrogens with two attached hydrogens (primary N) is 1. The van der Waals surface area contributed by atoms with Gasteiger partial charge >= 0.3 is 0 Å². The van der Waals surface area contributed by atoms with Crippen LogP contribution in [0.3, 0.4) is 0 Å². The third kappa shape index (κ3) is 11.6. The lowest BCUT2D eigenvalue weighted by Crippen LogP contribution is -2.41. The van der Waals surface area contributed by atoms with Crippen molar-refractivity contribution in [3.63, 3.8) is 0 Å². The first-order chi connectivity index (χ1) is 27.6. The summed E-state index contributed by atoms with van der Waals surface area (Å²) < 4.78 is 0. The molecule has 5 aromatic rings. The zero-order valence-electron chi connectivity index (χ0n) is 35.6. The van der Waals surface area contributed by atoms with Crippen molar-refractivity contribution < 1.29 is 14.7 Å². The third-order valence-corrected chi connectivity index (χ3v) is 9.63. The molecule has 0 saturated carbocycles. The van der Waals surface area contributed by atoms with Gasteiger partial charge in [-0.05, 0) is 127 Å². The summed E-state index contributed by atoms with van der Waals surface area (Å²) in [5.41, 5.74) is 14.9. The average molecular weight is 778 g/mol. The van der Waals surface area contributed by atoms with Gasteiger partial charge in [-0.15, -0.1) is 5.11 Å². The quantitative estimate of drug-likeness (QED) is 0.0746. The first-order valence-corrected chi connectivity index (χ1v) is 20.0. The number of benzene rings is 5. The van der Waals surface area contributed by atoms with E-state index in [1.807, 2.05) is 188 Å². The number of phenols is 1. The van der Waals surface area contributed by atoms with Gasteiger partial charge < -0.3 is 20.6 Å². The Balaban J connectivity index is 0.000000273. The van der Waals surface area contributed by atoms with E-state index in [0.717, 1.165) is 44.5 Å². The summed E-state index contributed by atoms with van der Waals surface area (Å²) in [5.74, 6) is 0.231. The molecule has 0 aromatic heterocycles. The standard InChI is InChI=1S/C29H33N3O2.C21H26N2O/c1-19(2)32(20(3)4)28(33)18-26(23-12-8-7-9-13-23)25-14-10-11-15-27(25)31-30-24-16-21(5)29(34)22(6)17-24;1-15(2)23(16(3)4)21(24)14-19(17-10-6-5-7-11-17)18-12-8-9-13-20(18)22/h7-20,34H,1-6H3;5-16H,22H2,1-4H3.